The van der Waals surface area contributed by atoms with Crippen molar-refractivity contribution in [2.24, 2.45) is 0 Å². The van der Waals surface area contributed by atoms with Crippen LogP contribution >= 0.6 is 0 Å². The summed E-state index contributed by atoms with van der Waals surface area (Å²) in [7, 11) is 0. The van der Waals surface area contributed by atoms with Crippen LogP contribution in [0.4, 0.5) is 0 Å². The highest BCUT2D eigenvalue weighted by Gasteiger charge is 1.97. The standard InChI is InChI=1S/C9H10N2/c1-8-9(5-7-10-2)4-3-6-11-8/h3-4,6H,5,7H2,1H3. The fourth-order valence-corrected chi connectivity index (χ4v) is 0.958. The van der Waals surface area contributed by atoms with Gasteiger partial charge in [0.15, 0.2) is 0 Å². The molecule has 0 N–H and O–H groups in total. The first-order chi connectivity index (χ1) is 5.34. The molecule has 0 atom stereocenters. The maximum absolute atomic E-state index is 6.63. The Kier molecular flexibility index (Phi) is 2.62. The molecule has 2 heteroatoms. The largest absolute Gasteiger partial charge is 0.317 e. The Morgan fingerprint density at radius 1 is 1.64 bits per heavy atom. The smallest absolute Gasteiger partial charge is 0.218 e. The van der Waals surface area contributed by atoms with Crippen LogP contribution in [0, 0.1) is 13.5 Å². The minimum absolute atomic E-state index is 0.562. The van der Waals surface area contributed by atoms with Crippen molar-refractivity contribution in [3.8, 4) is 0 Å². The van der Waals surface area contributed by atoms with Crippen LogP contribution in [-0.4, -0.2) is 11.5 Å². The summed E-state index contributed by atoms with van der Waals surface area (Å²) >= 11 is 0. The van der Waals surface area contributed by atoms with Crippen LogP contribution < -0.4 is 0 Å². The second kappa shape index (κ2) is 3.72. The van der Waals surface area contributed by atoms with E-state index in [1.807, 2.05) is 19.1 Å². The van der Waals surface area contributed by atoms with Crippen molar-refractivity contribution in [1.29, 1.82) is 0 Å². The number of hydrogen-bond donors (Lipinski definition) is 0. The lowest BCUT2D eigenvalue weighted by Crippen LogP contribution is -1.93. The van der Waals surface area contributed by atoms with Crippen molar-refractivity contribution in [3.63, 3.8) is 0 Å². The molecule has 1 aromatic heterocycles. The Bertz CT molecular complexity index is 273. The third-order valence-electron chi connectivity index (χ3n) is 1.61. The summed E-state index contributed by atoms with van der Waals surface area (Å²) in [6, 6.07) is 3.93. The lowest BCUT2D eigenvalue weighted by Gasteiger charge is -1.97. The lowest BCUT2D eigenvalue weighted by atomic mass is 10.1. The predicted molar refractivity (Wildman–Crippen MR) is 44.1 cm³/mol. The summed E-state index contributed by atoms with van der Waals surface area (Å²) < 4.78 is 0. The number of nitrogens with zero attached hydrogens (tertiary/aromatic N) is 2. The Balaban J connectivity index is 2.71. The van der Waals surface area contributed by atoms with Crippen LogP contribution in [0.1, 0.15) is 11.3 Å². The van der Waals surface area contributed by atoms with E-state index in [0.717, 1.165) is 12.1 Å². The maximum atomic E-state index is 6.63. The van der Waals surface area contributed by atoms with E-state index in [4.69, 9.17) is 6.57 Å². The summed E-state index contributed by atoms with van der Waals surface area (Å²) in [4.78, 5) is 7.42. The van der Waals surface area contributed by atoms with Crippen LogP contribution in [0.15, 0.2) is 18.3 Å². The van der Waals surface area contributed by atoms with Crippen molar-refractivity contribution in [1.82, 2.24) is 4.98 Å². The third kappa shape index (κ3) is 2.05. The zero-order valence-corrected chi connectivity index (χ0v) is 6.54. The Labute approximate surface area is 66.7 Å². The van der Waals surface area contributed by atoms with Gasteiger partial charge in [-0.3, -0.25) is 4.98 Å². The molecule has 0 aliphatic rings. The van der Waals surface area contributed by atoms with Crippen LogP contribution in [0.5, 0.6) is 0 Å². The zero-order chi connectivity index (χ0) is 8.10. The molecule has 2 nitrogen and oxygen atoms in total. The van der Waals surface area contributed by atoms with E-state index in [0.29, 0.717) is 6.54 Å². The average molecular weight is 146 g/mol. The highest BCUT2D eigenvalue weighted by molar-refractivity contribution is 5.18. The maximum Gasteiger partial charge on any atom is 0.218 e. The zero-order valence-electron chi connectivity index (χ0n) is 6.54. The van der Waals surface area contributed by atoms with E-state index in [-0.39, 0.29) is 0 Å². The van der Waals surface area contributed by atoms with Crippen LogP contribution in [0.3, 0.4) is 0 Å². The minimum Gasteiger partial charge on any atom is -0.317 e. The Morgan fingerprint density at radius 3 is 3.09 bits per heavy atom. The van der Waals surface area contributed by atoms with E-state index in [9.17, 15) is 0 Å². The second-order valence-electron chi connectivity index (χ2n) is 2.38. The van der Waals surface area contributed by atoms with Gasteiger partial charge in [-0.1, -0.05) is 6.07 Å². The van der Waals surface area contributed by atoms with Gasteiger partial charge in [0.05, 0.1) is 0 Å². The number of aryl methyl sites for hydroxylation is 1. The minimum atomic E-state index is 0.562. The first-order valence-electron chi connectivity index (χ1n) is 3.58. The third-order valence-corrected chi connectivity index (χ3v) is 1.61. The topological polar surface area (TPSA) is 17.2 Å². The highest BCUT2D eigenvalue weighted by atomic mass is 14.7. The molecule has 0 aliphatic carbocycles. The second-order valence-corrected chi connectivity index (χ2v) is 2.38. The van der Waals surface area contributed by atoms with E-state index in [1.54, 1.807) is 6.20 Å². The molecule has 0 spiro atoms. The van der Waals surface area contributed by atoms with Crippen molar-refractivity contribution in [3.05, 3.63) is 41.0 Å². The van der Waals surface area contributed by atoms with Gasteiger partial charge in [-0.25, -0.2) is 6.57 Å². The van der Waals surface area contributed by atoms with E-state index in [2.05, 4.69) is 9.83 Å². The van der Waals surface area contributed by atoms with Crippen molar-refractivity contribution in [2.75, 3.05) is 6.54 Å². The first kappa shape index (κ1) is 7.74. The normalized spacial score (nSPS) is 9.09. The number of aromatic nitrogens is 1. The van der Waals surface area contributed by atoms with E-state index < -0.39 is 0 Å². The SMILES string of the molecule is [C-]#[N+]CCc1cccnc1C. The predicted octanol–water partition coefficient (Wildman–Crippen LogP) is 1.85. The summed E-state index contributed by atoms with van der Waals surface area (Å²) in [6.45, 7) is 9.16. The number of hydrogen-bond acceptors (Lipinski definition) is 1. The molecule has 0 fully saturated rings. The summed E-state index contributed by atoms with van der Waals surface area (Å²) in [5.41, 5.74) is 2.22. The van der Waals surface area contributed by atoms with Gasteiger partial charge in [0.1, 0.15) is 0 Å². The molecule has 0 unspecified atom stereocenters. The van der Waals surface area contributed by atoms with Gasteiger partial charge in [0.2, 0.25) is 6.54 Å². The molecule has 0 amide bonds. The van der Waals surface area contributed by atoms with E-state index >= 15 is 0 Å². The van der Waals surface area contributed by atoms with Gasteiger partial charge in [-0.05, 0) is 18.6 Å². The molecular weight excluding hydrogens is 136 g/mol. The molecular formula is C9H10N2. The molecule has 11 heavy (non-hydrogen) atoms. The number of pyridine rings is 1. The molecule has 1 heterocycles. The van der Waals surface area contributed by atoms with Gasteiger partial charge < -0.3 is 4.85 Å². The van der Waals surface area contributed by atoms with E-state index in [1.165, 1.54) is 5.56 Å². The number of rotatable bonds is 2. The van der Waals surface area contributed by atoms with Crippen LogP contribution in [0.2, 0.25) is 0 Å². The highest BCUT2D eigenvalue weighted by Crippen LogP contribution is 2.03. The van der Waals surface area contributed by atoms with Crippen molar-refractivity contribution in [2.45, 2.75) is 13.3 Å². The molecule has 1 rings (SSSR count). The molecule has 0 saturated carbocycles. The molecule has 0 aromatic carbocycles. The molecule has 0 aliphatic heterocycles. The average Bonchev–Trinajstić information content (AvgIpc) is 2.03. The monoisotopic (exact) mass is 146 g/mol. The molecule has 0 bridgehead atoms. The molecule has 1 aromatic rings. The van der Waals surface area contributed by atoms with Crippen molar-refractivity contribution >= 4 is 0 Å². The Hall–Kier alpha value is -1.36. The van der Waals surface area contributed by atoms with Crippen molar-refractivity contribution < 1.29 is 0 Å². The molecule has 56 valence electrons. The summed E-state index contributed by atoms with van der Waals surface area (Å²) in [5.74, 6) is 0. The molecule has 0 radical (unpaired) electrons. The lowest BCUT2D eigenvalue weighted by molar-refractivity contribution is 1.02. The summed E-state index contributed by atoms with van der Waals surface area (Å²) in [5, 5.41) is 0. The van der Waals surface area contributed by atoms with Gasteiger partial charge in [-0.15, -0.1) is 0 Å². The quantitative estimate of drug-likeness (QED) is 0.582. The van der Waals surface area contributed by atoms with Crippen LogP contribution in [-0.2, 0) is 6.42 Å². The van der Waals surface area contributed by atoms with Gasteiger partial charge >= 0.3 is 0 Å². The molecule has 0 saturated heterocycles. The van der Waals surface area contributed by atoms with Gasteiger partial charge in [0.25, 0.3) is 0 Å². The van der Waals surface area contributed by atoms with Gasteiger partial charge in [0, 0.05) is 18.3 Å². The summed E-state index contributed by atoms with van der Waals surface area (Å²) in [6.07, 6.45) is 2.60. The van der Waals surface area contributed by atoms with Crippen LogP contribution in [0.25, 0.3) is 4.85 Å². The first-order valence-corrected chi connectivity index (χ1v) is 3.58. The fraction of sp³-hybridized carbons (Fsp3) is 0.333. The fourth-order valence-electron chi connectivity index (χ4n) is 0.958. The Morgan fingerprint density at radius 2 is 2.45 bits per heavy atom. The van der Waals surface area contributed by atoms with Gasteiger partial charge in [-0.2, -0.15) is 0 Å².